The zero-order valence-corrected chi connectivity index (χ0v) is 21.0. The van der Waals surface area contributed by atoms with E-state index in [1.54, 1.807) is 47.7 Å². The van der Waals surface area contributed by atoms with Gasteiger partial charge in [0.15, 0.2) is 4.32 Å². The number of fused-ring (bicyclic) bond motifs is 1. The number of amides is 2. The number of aryl methyl sites for hydroxylation is 1. The third kappa shape index (κ3) is 4.50. The van der Waals surface area contributed by atoms with Crippen molar-refractivity contribution in [2.75, 3.05) is 0 Å². The van der Waals surface area contributed by atoms with E-state index in [0.29, 0.717) is 37.6 Å². The third-order valence-electron chi connectivity index (χ3n) is 5.41. The van der Waals surface area contributed by atoms with Gasteiger partial charge in [-0.25, -0.2) is 0 Å². The van der Waals surface area contributed by atoms with Crippen LogP contribution in [0.5, 0.6) is 0 Å². The smallest absolute Gasteiger partial charge is 0.285 e. The quantitative estimate of drug-likeness (QED) is 0.296. The summed E-state index contributed by atoms with van der Waals surface area (Å²) >= 11 is 20.4. The monoisotopic (exact) mass is 534 g/mol. The molecule has 0 radical (unpaired) electrons. The molecule has 168 valence electrons. The van der Waals surface area contributed by atoms with Gasteiger partial charge in [0, 0.05) is 26.9 Å². The van der Waals surface area contributed by atoms with E-state index in [1.807, 2.05) is 5.38 Å². The molecule has 0 saturated carbocycles. The minimum atomic E-state index is -0.402. The highest BCUT2D eigenvalue weighted by Gasteiger charge is 2.35. The number of carbonyl (C=O) groups is 2. The van der Waals surface area contributed by atoms with Crippen molar-refractivity contribution in [3.05, 3.63) is 72.4 Å². The van der Waals surface area contributed by atoms with Crippen molar-refractivity contribution in [3.63, 3.8) is 0 Å². The molecule has 1 aromatic carbocycles. The van der Waals surface area contributed by atoms with Crippen molar-refractivity contribution >= 4 is 80.7 Å². The van der Waals surface area contributed by atoms with Crippen molar-refractivity contribution < 1.29 is 14.0 Å². The summed E-state index contributed by atoms with van der Waals surface area (Å²) in [7, 11) is 0. The molecule has 2 aliphatic rings. The van der Waals surface area contributed by atoms with Crippen LogP contribution in [0, 0.1) is 0 Å². The topological polar surface area (TPSA) is 62.6 Å². The number of nitrogens with one attached hydrogen (secondary N) is 1. The summed E-state index contributed by atoms with van der Waals surface area (Å²) in [5, 5.41) is 4.03. The third-order valence-corrected chi connectivity index (χ3v) is 8.36. The minimum absolute atomic E-state index is 0.258. The maximum Gasteiger partial charge on any atom is 0.285 e. The molecule has 5 rings (SSSR count). The molecule has 0 spiro atoms. The summed E-state index contributed by atoms with van der Waals surface area (Å²) < 4.78 is 6.11. The SMILES string of the molecule is O=C(NN1C(=O)/C(=C\c2ccc(-c3cc(Cl)ccc3Cl)o2)SC1=S)c1csc2c1CCCC2. The van der Waals surface area contributed by atoms with Gasteiger partial charge >= 0.3 is 0 Å². The first-order valence-corrected chi connectivity index (χ1v) is 13.0. The van der Waals surface area contributed by atoms with E-state index in [9.17, 15) is 9.59 Å². The van der Waals surface area contributed by atoms with Gasteiger partial charge < -0.3 is 4.42 Å². The molecule has 1 aliphatic heterocycles. The number of halogens is 2. The van der Waals surface area contributed by atoms with Crippen LogP contribution in [-0.2, 0) is 17.6 Å². The van der Waals surface area contributed by atoms with Crippen LogP contribution in [0.15, 0.2) is 45.0 Å². The van der Waals surface area contributed by atoms with Gasteiger partial charge in [-0.1, -0.05) is 35.0 Å². The summed E-state index contributed by atoms with van der Waals surface area (Å²) in [5.41, 5.74) is 5.05. The molecule has 10 heteroatoms. The Labute approximate surface area is 213 Å². The number of hydrogen-bond donors (Lipinski definition) is 1. The zero-order chi connectivity index (χ0) is 23.1. The summed E-state index contributed by atoms with van der Waals surface area (Å²) in [6.45, 7) is 0. The first-order chi connectivity index (χ1) is 15.9. The molecule has 3 aromatic rings. The summed E-state index contributed by atoms with van der Waals surface area (Å²) in [6, 6.07) is 8.59. The van der Waals surface area contributed by atoms with Gasteiger partial charge in [-0.15, -0.1) is 11.3 Å². The van der Waals surface area contributed by atoms with Crippen molar-refractivity contribution in [1.29, 1.82) is 0 Å². The van der Waals surface area contributed by atoms with Crippen LogP contribution < -0.4 is 5.43 Å². The van der Waals surface area contributed by atoms with Crippen molar-refractivity contribution in [3.8, 4) is 11.3 Å². The van der Waals surface area contributed by atoms with Gasteiger partial charge in [-0.05, 0) is 73.8 Å². The Balaban J connectivity index is 1.34. The van der Waals surface area contributed by atoms with Gasteiger partial charge in [-0.3, -0.25) is 15.0 Å². The van der Waals surface area contributed by atoms with Crippen LogP contribution in [0.4, 0.5) is 0 Å². The summed E-state index contributed by atoms with van der Waals surface area (Å²) in [4.78, 5) is 27.4. The number of thiocarbonyl (C=S) groups is 1. The number of benzene rings is 1. The number of carbonyl (C=O) groups excluding carboxylic acids is 2. The van der Waals surface area contributed by atoms with Crippen molar-refractivity contribution in [2.45, 2.75) is 25.7 Å². The molecule has 1 N–H and O–H groups in total. The van der Waals surface area contributed by atoms with Crippen molar-refractivity contribution in [1.82, 2.24) is 10.4 Å². The number of rotatable bonds is 4. The minimum Gasteiger partial charge on any atom is -0.457 e. The summed E-state index contributed by atoms with van der Waals surface area (Å²) in [6.07, 6.45) is 5.70. The number of nitrogens with zero attached hydrogens (tertiary/aromatic N) is 1. The van der Waals surface area contributed by atoms with Gasteiger partial charge in [0.2, 0.25) is 0 Å². The van der Waals surface area contributed by atoms with Crippen LogP contribution in [0.3, 0.4) is 0 Å². The summed E-state index contributed by atoms with van der Waals surface area (Å²) in [5.74, 6) is 0.267. The average molecular weight is 535 g/mol. The lowest BCUT2D eigenvalue weighted by molar-refractivity contribution is -0.123. The Morgan fingerprint density at radius 1 is 1.18 bits per heavy atom. The van der Waals surface area contributed by atoms with E-state index >= 15 is 0 Å². The van der Waals surface area contributed by atoms with Crippen molar-refractivity contribution in [2.24, 2.45) is 0 Å². The Kier molecular flexibility index (Phi) is 6.37. The van der Waals surface area contributed by atoms with E-state index in [-0.39, 0.29) is 10.2 Å². The number of hydrogen-bond acceptors (Lipinski definition) is 6. The maximum atomic E-state index is 12.9. The molecule has 2 aromatic heterocycles. The molecule has 1 aliphatic carbocycles. The largest absolute Gasteiger partial charge is 0.457 e. The van der Waals surface area contributed by atoms with Gasteiger partial charge in [0.1, 0.15) is 11.5 Å². The van der Waals surface area contributed by atoms with E-state index in [0.717, 1.165) is 48.0 Å². The fraction of sp³-hybridized carbons (Fsp3) is 0.174. The Morgan fingerprint density at radius 3 is 2.85 bits per heavy atom. The molecule has 3 heterocycles. The second-order valence-electron chi connectivity index (χ2n) is 7.54. The Morgan fingerprint density at radius 2 is 2.00 bits per heavy atom. The predicted molar refractivity (Wildman–Crippen MR) is 138 cm³/mol. The number of hydrazine groups is 1. The zero-order valence-electron chi connectivity index (χ0n) is 17.0. The molecule has 0 atom stereocenters. The standard InChI is InChI=1S/C23H16Cl2N2O3S3/c24-12-5-7-17(25)15(9-12)18-8-6-13(30-18)10-20-22(29)27(23(31)33-20)26-21(28)16-11-32-19-4-2-1-3-14(16)19/h5-11H,1-4H2,(H,26,28)/b20-10+. The molecule has 0 unspecified atom stereocenters. The molecule has 1 saturated heterocycles. The number of furan rings is 1. The van der Waals surface area contributed by atoms with E-state index in [1.165, 1.54) is 4.88 Å². The highest BCUT2D eigenvalue weighted by atomic mass is 35.5. The normalized spacial score (nSPS) is 17.0. The molecule has 2 amide bonds. The van der Waals surface area contributed by atoms with E-state index < -0.39 is 5.91 Å². The predicted octanol–water partition coefficient (Wildman–Crippen LogP) is 6.74. The van der Waals surface area contributed by atoms with Gasteiger partial charge in [-0.2, -0.15) is 5.01 Å². The van der Waals surface area contributed by atoms with Crippen LogP contribution in [0.2, 0.25) is 10.0 Å². The average Bonchev–Trinajstić information content (AvgIpc) is 3.50. The van der Waals surface area contributed by atoms with Crippen LogP contribution in [-0.4, -0.2) is 21.1 Å². The van der Waals surface area contributed by atoms with E-state index in [2.05, 4.69) is 5.43 Å². The molecule has 1 fully saturated rings. The lowest BCUT2D eigenvalue weighted by atomic mass is 9.96. The first kappa shape index (κ1) is 22.7. The Hall–Kier alpha value is -2.10. The number of thioether (sulfide) groups is 1. The van der Waals surface area contributed by atoms with Gasteiger partial charge in [0.05, 0.1) is 15.5 Å². The second kappa shape index (κ2) is 9.27. The molecule has 0 bridgehead atoms. The lowest BCUT2D eigenvalue weighted by Gasteiger charge is -2.17. The molecule has 5 nitrogen and oxygen atoms in total. The molecule has 33 heavy (non-hydrogen) atoms. The fourth-order valence-corrected chi connectivity index (χ4v) is 6.47. The van der Waals surface area contributed by atoms with Crippen LogP contribution >= 0.6 is 58.5 Å². The lowest BCUT2D eigenvalue weighted by Crippen LogP contribution is -2.45. The van der Waals surface area contributed by atoms with Crippen LogP contribution in [0.1, 0.15) is 39.4 Å². The van der Waals surface area contributed by atoms with Gasteiger partial charge in [0.25, 0.3) is 11.8 Å². The Bertz CT molecular complexity index is 1330. The number of thiophene rings is 1. The highest BCUT2D eigenvalue weighted by molar-refractivity contribution is 8.26. The fourth-order valence-electron chi connectivity index (χ4n) is 3.80. The first-order valence-electron chi connectivity index (χ1n) is 10.1. The maximum absolute atomic E-state index is 12.9. The van der Waals surface area contributed by atoms with Crippen LogP contribution in [0.25, 0.3) is 17.4 Å². The molecular weight excluding hydrogens is 519 g/mol. The molecular formula is C23H16Cl2N2O3S3. The van der Waals surface area contributed by atoms with E-state index in [4.69, 9.17) is 39.8 Å². The highest BCUT2D eigenvalue weighted by Crippen LogP contribution is 2.36. The second-order valence-corrected chi connectivity index (χ2v) is 11.0.